The number of halogens is 1. The summed E-state index contributed by atoms with van der Waals surface area (Å²) in [6, 6.07) is 15.0. The van der Waals surface area contributed by atoms with Crippen LogP contribution in [-0.2, 0) is 6.42 Å². The Kier molecular flexibility index (Phi) is 5.09. The van der Waals surface area contributed by atoms with E-state index < -0.39 is 0 Å². The maximum atomic E-state index is 13.4. The molecule has 2 rings (SSSR count). The average molecular weight is 274 g/mol. The van der Waals surface area contributed by atoms with Crippen LogP contribution < -0.4 is 16.0 Å². The molecule has 0 fully saturated rings. The van der Waals surface area contributed by atoms with E-state index in [1.165, 1.54) is 18.7 Å². The lowest BCUT2D eigenvalue weighted by molar-refractivity contribution is 0.384. The van der Waals surface area contributed by atoms with E-state index in [2.05, 4.69) is 17.6 Å². The molecule has 0 spiro atoms. The molecular formula is C16H19FN2O. The van der Waals surface area contributed by atoms with E-state index in [9.17, 15) is 4.39 Å². The maximum absolute atomic E-state index is 13.4. The summed E-state index contributed by atoms with van der Waals surface area (Å²) >= 11 is 0. The molecule has 3 nitrogen and oxygen atoms in total. The lowest BCUT2D eigenvalue weighted by Crippen LogP contribution is -2.28. The minimum atomic E-state index is -0.366. The monoisotopic (exact) mass is 274 g/mol. The highest BCUT2D eigenvalue weighted by Crippen LogP contribution is 2.25. The molecule has 0 aliphatic carbocycles. The Balaban J connectivity index is 2.08. The first-order chi connectivity index (χ1) is 9.74. The lowest BCUT2D eigenvalue weighted by Gasteiger charge is -2.17. The van der Waals surface area contributed by atoms with Gasteiger partial charge >= 0.3 is 0 Å². The maximum Gasteiger partial charge on any atom is 0.165 e. The minimum absolute atomic E-state index is 0.0373. The van der Waals surface area contributed by atoms with E-state index in [1.807, 2.05) is 18.2 Å². The number of ether oxygens (including phenoxy) is 1. The molecule has 1 atom stereocenters. The zero-order valence-corrected chi connectivity index (χ0v) is 11.5. The number of aryl methyl sites for hydroxylation is 1. The number of methoxy groups -OCH3 is 1. The first kappa shape index (κ1) is 14.5. The van der Waals surface area contributed by atoms with Gasteiger partial charge in [0.1, 0.15) is 0 Å². The van der Waals surface area contributed by atoms with Crippen molar-refractivity contribution in [2.75, 3.05) is 7.11 Å². The van der Waals surface area contributed by atoms with Crippen molar-refractivity contribution in [2.24, 2.45) is 5.84 Å². The molecule has 1 unspecified atom stereocenters. The molecule has 3 N–H and O–H groups in total. The highest BCUT2D eigenvalue weighted by atomic mass is 19.1. The topological polar surface area (TPSA) is 47.3 Å². The van der Waals surface area contributed by atoms with Crippen molar-refractivity contribution in [1.82, 2.24) is 5.43 Å². The van der Waals surface area contributed by atoms with Crippen LogP contribution in [0, 0.1) is 5.82 Å². The van der Waals surface area contributed by atoms with Crippen LogP contribution in [0.5, 0.6) is 5.75 Å². The minimum Gasteiger partial charge on any atom is -0.494 e. The Labute approximate surface area is 118 Å². The predicted octanol–water partition coefficient (Wildman–Crippen LogP) is 2.97. The predicted molar refractivity (Wildman–Crippen MR) is 77.8 cm³/mol. The van der Waals surface area contributed by atoms with Gasteiger partial charge in [0.15, 0.2) is 11.6 Å². The molecule has 2 aromatic rings. The van der Waals surface area contributed by atoms with Crippen LogP contribution in [0.4, 0.5) is 4.39 Å². The van der Waals surface area contributed by atoms with Gasteiger partial charge in [-0.2, -0.15) is 0 Å². The van der Waals surface area contributed by atoms with Crippen LogP contribution in [0.2, 0.25) is 0 Å². The second kappa shape index (κ2) is 7.03. The van der Waals surface area contributed by atoms with E-state index in [4.69, 9.17) is 10.6 Å². The summed E-state index contributed by atoms with van der Waals surface area (Å²) < 4.78 is 18.4. The Morgan fingerprint density at radius 3 is 2.60 bits per heavy atom. The molecule has 0 aliphatic heterocycles. The third-order valence-corrected chi connectivity index (χ3v) is 3.34. The number of rotatable bonds is 6. The number of hydrogen-bond donors (Lipinski definition) is 2. The molecular weight excluding hydrogens is 255 g/mol. The first-order valence-electron chi connectivity index (χ1n) is 6.58. The van der Waals surface area contributed by atoms with Crippen molar-refractivity contribution >= 4 is 0 Å². The molecule has 20 heavy (non-hydrogen) atoms. The van der Waals surface area contributed by atoms with E-state index >= 15 is 0 Å². The fourth-order valence-corrected chi connectivity index (χ4v) is 2.20. The standard InChI is InChI=1S/C16H19FN2O/c1-20-16-11-13(8-9-14(16)17)15(19-18)10-7-12-5-3-2-4-6-12/h2-6,8-9,11,15,19H,7,10,18H2,1H3. The molecule has 0 amide bonds. The fourth-order valence-electron chi connectivity index (χ4n) is 2.20. The molecule has 4 heteroatoms. The molecule has 0 bridgehead atoms. The third-order valence-electron chi connectivity index (χ3n) is 3.34. The van der Waals surface area contributed by atoms with E-state index in [0.717, 1.165) is 18.4 Å². The Morgan fingerprint density at radius 1 is 1.20 bits per heavy atom. The van der Waals surface area contributed by atoms with Gasteiger partial charge in [0.2, 0.25) is 0 Å². The quantitative estimate of drug-likeness (QED) is 0.629. The van der Waals surface area contributed by atoms with Crippen molar-refractivity contribution in [3.63, 3.8) is 0 Å². The van der Waals surface area contributed by atoms with Gasteiger partial charge in [-0.15, -0.1) is 0 Å². The van der Waals surface area contributed by atoms with Gasteiger partial charge in [0.25, 0.3) is 0 Å². The van der Waals surface area contributed by atoms with E-state index in [-0.39, 0.29) is 17.6 Å². The number of hydrazine groups is 1. The van der Waals surface area contributed by atoms with Crippen molar-refractivity contribution in [3.8, 4) is 5.75 Å². The smallest absolute Gasteiger partial charge is 0.165 e. The summed E-state index contributed by atoms with van der Waals surface area (Å²) in [6.07, 6.45) is 1.73. The Hall–Kier alpha value is -1.91. The Bertz CT molecular complexity index is 545. The SMILES string of the molecule is COc1cc(C(CCc2ccccc2)NN)ccc1F. The van der Waals surface area contributed by atoms with Crippen LogP contribution in [0.25, 0.3) is 0 Å². The third kappa shape index (κ3) is 3.56. The molecule has 0 radical (unpaired) electrons. The van der Waals surface area contributed by atoms with Crippen LogP contribution in [0.1, 0.15) is 23.6 Å². The summed E-state index contributed by atoms with van der Waals surface area (Å²) in [5, 5.41) is 0. The van der Waals surface area contributed by atoms with Gasteiger partial charge in [-0.05, 0) is 36.1 Å². The molecule has 0 aromatic heterocycles. The highest BCUT2D eigenvalue weighted by Gasteiger charge is 2.12. The second-order valence-corrected chi connectivity index (χ2v) is 4.64. The largest absolute Gasteiger partial charge is 0.494 e. The van der Waals surface area contributed by atoms with Crippen molar-refractivity contribution in [3.05, 3.63) is 65.5 Å². The Morgan fingerprint density at radius 2 is 1.95 bits per heavy atom. The normalized spacial score (nSPS) is 12.2. The van der Waals surface area contributed by atoms with Crippen LogP contribution in [0.3, 0.4) is 0 Å². The van der Waals surface area contributed by atoms with Crippen LogP contribution in [0.15, 0.2) is 48.5 Å². The zero-order chi connectivity index (χ0) is 14.4. The summed E-state index contributed by atoms with van der Waals surface area (Å²) in [7, 11) is 1.46. The van der Waals surface area contributed by atoms with Crippen molar-refractivity contribution in [2.45, 2.75) is 18.9 Å². The van der Waals surface area contributed by atoms with Crippen molar-refractivity contribution < 1.29 is 9.13 Å². The zero-order valence-electron chi connectivity index (χ0n) is 11.5. The van der Waals surface area contributed by atoms with Crippen molar-refractivity contribution in [1.29, 1.82) is 0 Å². The van der Waals surface area contributed by atoms with E-state index in [0.29, 0.717) is 0 Å². The molecule has 2 aromatic carbocycles. The van der Waals surface area contributed by atoms with E-state index in [1.54, 1.807) is 12.1 Å². The number of benzene rings is 2. The first-order valence-corrected chi connectivity index (χ1v) is 6.58. The van der Waals surface area contributed by atoms with Gasteiger partial charge in [-0.3, -0.25) is 11.3 Å². The lowest BCUT2D eigenvalue weighted by atomic mass is 9.99. The average Bonchev–Trinajstić information content (AvgIpc) is 2.50. The summed E-state index contributed by atoms with van der Waals surface area (Å²) in [5.41, 5.74) is 4.95. The molecule has 0 aliphatic rings. The van der Waals surface area contributed by atoms with Crippen LogP contribution in [-0.4, -0.2) is 7.11 Å². The second-order valence-electron chi connectivity index (χ2n) is 4.64. The van der Waals surface area contributed by atoms with Gasteiger partial charge in [-0.25, -0.2) is 4.39 Å². The molecule has 0 heterocycles. The summed E-state index contributed by atoms with van der Waals surface area (Å²) in [6.45, 7) is 0. The summed E-state index contributed by atoms with van der Waals surface area (Å²) in [5.74, 6) is 5.49. The van der Waals surface area contributed by atoms with Gasteiger partial charge in [-0.1, -0.05) is 36.4 Å². The number of nitrogens with two attached hydrogens (primary N) is 1. The molecule has 0 saturated heterocycles. The number of nitrogens with one attached hydrogen (secondary N) is 1. The van der Waals surface area contributed by atoms with Crippen LogP contribution >= 0.6 is 0 Å². The molecule has 0 saturated carbocycles. The van der Waals surface area contributed by atoms with Gasteiger partial charge in [0.05, 0.1) is 7.11 Å². The molecule has 106 valence electrons. The highest BCUT2D eigenvalue weighted by molar-refractivity contribution is 5.32. The van der Waals surface area contributed by atoms with Gasteiger partial charge in [0, 0.05) is 6.04 Å². The fraction of sp³-hybridized carbons (Fsp3) is 0.250. The number of hydrogen-bond acceptors (Lipinski definition) is 3. The van der Waals surface area contributed by atoms with Gasteiger partial charge < -0.3 is 4.74 Å². The summed E-state index contributed by atoms with van der Waals surface area (Å²) in [4.78, 5) is 0.